The molecule has 2 aromatic rings. The maximum Gasteiger partial charge on any atom is 0.138 e. The van der Waals surface area contributed by atoms with Crippen LogP contribution in [-0.4, -0.2) is 27.0 Å². The van der Waals surface area contributed by atoms with E-state index in [1.54, 1.807) is 23.5 Å². The topological polar surface area (TPSA) is 32.6 Å². The minimum absolute atomic E-state index is 0.156. The van der Waals surface area contributed by atoms with Crippen molar-refractivity contribution < 1.29 is 5.11 Å². The summed E-state index contributed by atoms with van der Waals surface area (Å²) in [6.45, 7) is 2.13. The number of hydrogen-bond donors (Lipinski definition) is 1. The fourth-order valence-electron chi connectivity index (χ4n) is 2.70. The molecule has 1 N–H and O–H groups in total. The maximum absolute atomic E-state index is 11.6. The molecule has 0 unspecified atom stereocenters. The van der Waals surface area contributed by atoms with Gasteiger partial charge in [-0.1, -0.05) is 79.3 Å². The summed E-state index contributed by atoms with van der Waals surface area (Å²) in [5.74, 6) is 1.82. The largest absolute Gasteiger partial charge is 0.378 e. The Labute approximate surface area is 140 Å². The average Bonchev–Trinajstić information content (AvgIpc) is 3.05. The van der Waals surface area contributed by atoms with Gasteiger partial charge in [0, 0.05) is 5.75 Å². The summed E-state index contributed by atoms with van der Waals surface area (Å²) in [7, 11) is 0. The van der Waals surface area contributed by atoms with E-state index >= 15 is 0 Å². The van der Waals surface area contributed by atoms with Crippen LogP contribution in [0.4, 0.5) is 0 Å². The van der Waals surface area contributed by atoms with Crippen LogP contribution < -0.4 is 0 Å². The average molecular weight is 329 g/mol. The Bertz CT molecular complexity index is 603. The van der Waals surface area contributed by atoms with Gasteiger partial charge in [-0.2, -0.15) is 0 Å². The van der Waals surface area contributed by atoms with Gasteiger partial charge in [0.2, 0.25) is 0 Å². The highest BCUT2D eigenvalue weighted by Gasteiger charge is 2.42. The summed E-state index contributed by atoms with van der Waals surface area (Å²) in [4.78, 5) is 4.80. The van der Waals surface area contributed by atoms with Gasteiger partial charge in [0.15, 0.2) is 0 Å². The number of nitrogens with zero attached hydrogens (tertiary/aromatic N) is 1. The van der Waals surface area contributed by atoms with Crippen LogP contribution in [0.15, 0.2) is 65.7 Å². The van der Waals surface area contributed by atoms with Crippen LogP contribution in [-0.2, 0) is 5.60 Å². The van der Waals surface area contributed by atoms with E-state index in [1.165, 1.54) is 0 Å². The van der Waals surface area contributed by atoms with Crippen molar-refractivity contribution >= 4 is 27.9 Å². The Hall–Kier alpha value is -1.23. The SMILES string of the molecule is CCSC1=N[C@H](C(O)(c2ccccc2)c2ccccc2)CS1. The Morgan fingerprint density at radius 1 is 1.09 bits per heavy atom. The Kier molecular flexibility index (Phi) is 4.91. The molecule has 3 rings (SSSR count). The highest BCUT2D eigenvalue weighted by Crippen LogP contribution is 2.40. The number of thioether (sulfide) groups is 2. The van der Waals surface area contributed by atoms with E-state index in [0.29, 0.717) is 0 Å². The van der Waals surface area contributed by atoms with Gasteiger partial charge < -0.3 is 5.11 Å². The number of hydrogen-bond acceptors (Lipinski definition) is 4. The summed E-state index contributed by atoms with van der Waals surface area (Å²) in [6, 6.07) is 19.6. The Balaban J connectivity index is 2.05. The van der Waals surface area contributed by atoms with E-state index in [4.69, 9.17) is 4.99 Å². The quantitative estimate of drug-likeness (QED) is 0.915. The van der Waals surface area contributed by atoms with Crippen LogP contribution in [0.3, 0.4) is 0 Å². The molecule has 0 spiro atoms. The molecule has 0 bridgehead atoms. The summed E-state index contributed by atoms with van der Waals surface area (Å²) in [5.41, 5.74) is 0.725. The summed E-state index contributed by atoms with van der Waals surface area (Å²) < 4.78 is 1.08. The number of aliphatic imine (C=N–C) groups is 1. The molecule has 114 valence electrons. The molecule has 1 atom stereocenters. The van der Waals surface area contributed by atoms with Crippen molar-refractivity contribution in [1.29, 1.82) is 0 Å². The van der Waals surface area contributed by atoms with E-state index < -0.39 is 5.60 Å². The molecule has 22 heavy (non-hydrogen) atoms. The predicted octanol–water partition coefficient (Wildman–Crippen LogP) is 4.15. The molecule has 0 amide bonds. The van der Waals surface area contributed by atoms with Crippen LogP contribution in [0.1, 0.15) is 18.1 Å². The van der Waals surface area contributed by atoms with Crippen LogP contribution in [0, 0.1) is 0 Å². The first-order chi connectivity index (χ1) is 10.7. The van der Waals surface area contributed by atoms with Gasteiger partial charge >= 0.3 is 0 Å². The van der Waals surface area contributed by atoms with Gasteiger partial charge in [0.1, 0.15) is 9.98 Å². The number of benzene rings is 2. The third-order valence-corrected chi connectivity index (χ3v) is 5.99. The molecule has 1 aliphatic heterocycles. The van der Waals surface area contributed by atoms with Crippen molar-refractivity contribution in [3.05, 3.63) is 71.8 Å². The molecule has 0 aromatic heterocycles. The summed E-state index contributed by atoms with van der Waals surface area (Å²) in [6.07, 6.45) is 0. The van der Waals surface area contributed by atoms with E-state index in [-0.39, 0.29) is 6.04 Å². The van der Waals surface area contributed by atoms with Gasteiger partial charge in [0.05, 0.1) is 6.04 Å². The van der Waals surface area contributed by atoms with Crippen molar-refractivity contribution in [3.8, 4) is 0 Å². The fourth-order valence-corrected chi connectivity index (χ4v) is 4.86. The Morgan fingerprint density at radius 2 is 1.64 bits per heavy atom. The Morgan fingerprint density at radius 3 is 2.14 bits per heavy atom. The third-order valence-electron chi connectivity index (χ3n) is 3.80. The molecule has 2 nitrogen and oxygen atoms in total. The molecule has 0 saturated carbocycles. The van der Waals surface area contributed by atoms with E-state index in [2.05, 4.69) is 6.92 Å². The minimum Gasteiger partial charge on any atom is -0.378 e. The van der Waals surface area contributed by atoms with Crippen molar-refractivity contribution in [2.75, 3.05) is 11.5 Å². The molecule has 0 radical (unpaired) electrons. The molecule has 0 saturated heterocycles. The van der Waals surface area contributed by atoms with E-state index in [0.717, 1.165) is 27.0 Å². The highest BCUT2D eigenvalue weighted by atomic mass is 32.2. The second-order valence-electron chi connectivity index (χ2n) is 5.15. The lowest BCUT2D eigenvalue weighted by Crippen LogP contribution is -2.40. The summed E-state index contributed by atoms with van der Waals surface area (Å²) >= 11 is 3.50. The van der Waals surface area contributed by atoms with Crippen molar-refractivity contribution in [3.63, 3.8) is 0 Å². The monoisotopic (exact) mass is 329 g/mol. The van der Waals surface area contributed by atoms with Gasteiger partial charge in [-0.25, -0.2) is 0 Å². The smallest absolute Gasteiger partial charge is 0.138 e. The van der Waals surface area contributed by atoms with Gasteiger partial charge in [-0.15, -0.1) is 11.8 Å². The van der Waals surface area contributed by atoms with Crippen LogP contribution in [0.5, 0.6) is 0 Å². The first-order valence-corrected chi connectivity index (χ1v) is 9.39. The van der Waals surface area contributed by atoms with E-state index in [1.807, 2.05) is 60.7 Å². The predicted molar refractivity (Wildman–Crippen MR) is 97.7 cm³/mol. The number of rotatable bonds is 4. The van der Waals surface area contributed by atoms with Crippen LogP contribution in [0.25, 0.3) is 0 Å². The second-order valence-corrected chi connectivity index (χ2v) is 7.67. The van der Waals surface area contributed by atoms with E-state index in [9.17, 15) is 5.11 Å². The van der Waals surface area contributed by atoms with Crippen molar-refractivity contribution in [2.24, 2.45) is 4.99 Å². The van der Waals surface area contributed by atoms with Gasteiger partial charge in [0.25, 0.3) is 0 Å². The minimum atomic E-state index is -1.08. The first kappa shape index (κ1) is 15.7. The zero-order valence-electron chi connectivity index (χ0n) is 12.5. The molecule has 2 aromatic carbocycles. The van der Waals surface area contributed by atoms with Crippen LogP contribution >= 0.6 is 23.5 Å². The summed E-state index contributed by atoms with van der Waals surface area (Å²) in [5, 5.41) is 11.6. The molecule has 1 aliphatic rings. The first-order valence-electron chi connectivity index (χ1n) is 7.42. The van der Waals surface area contributed by atoms with Gasteiger partial charge in [-0.05, 0) is 16.9 Å². The molecule has 0 fully saturated rings. The van der Waals surface area contributed by atoms with Crippen molar-refractivity contribution in [1.82, 2.24) is 0 Å². The molecule has 0 aliphatic carbocycles. The molecule has 4 heteroatoms. The zero-order valence-corrected chi connectivity index (χ0v) is 14.1. The number of aliphatic hydroxyl groups is 1. The highest BCUT2D eigenvalue weighted by molar-refractivity contribution is 8.39. The second kappa shape index (κ2) is 6.90. The van der Waals surface area contributed by atoms with Crippen molar-refractivity contribution in [2.45, 2.75) is 18.6 Å². The third kappa shape index (κ3) is 2.96. The normalized spacial score (nSPS) is 18.3. The van der Waals surface area contributed by atoms with Gasteiger partial charge in [-0.3, -0.25) is 4.99 Å². The molecular formula is C18H19NOS2. The lowest BCUT2D eigenvalue weighted by atomic mass is 9.81. The zero-order chi connectivity index (χ0) is 15.4. The van der Waals surface area contributed by atoms with Crippen LogP contribution in [0.2, 0.25) is 0 Å². The molecule has 1 heterocycles. The maximum atomic E-state index is 11.6. The lowest BCUT2D eigenvalue weighted by Gasteiger charge is -2.33. The standard InChI is InChI=1S/C18H19NOS2/c1-2-21-17-19-16(13-22-17)18(20,14-9-5-3-6-10-14)15-11-7-4-8-12-15/h3-12,16,20H,2,13H2,1H3/t16-/m0/s1. The fraction of sp³-hybridized carbons (Fsp3) is 0.278. The lowest BCUT2D eigenvalue weighted by molar-refractivity contribution is 0.0612. The molecular weight excluding hydrogens is 310 g/mol.